The van der Waals surface area contributed by atoms with Crippen molar-refractivity contribution in [3.8, 4) is 11.5 Å². The first kappa shape index (κ1) is 20.3. The Balaban J connectivity index is 0.00000243. The molecule has 0 bridgehead atoms. The van der Waals surface area contributed by atoms with Gasteiger partial charge in [0.25, 0.3) is 0 Å². The Labute approximate surface area is 159 Å². The van der Waals surface area contributed by atoms with Crippen molar-refractivity contribution in [3.63, 3.8) is 0 Å². The van der Waals surface area contributed by atoms with Crippen LogP contribution in [-0.4, -0.2) is 54.2 Å². The summed E-state index contributed by atoms with van der Waals surface area (Å²) < 4.78 is 11.2. The molecule has 0 radical (unpaired) electrons. The number of anilines is 1. The van der Waals surface area contributed by atoms with Gasteiger partial charge in [0.15, 0.2) is 11.5 Å². The number of nitrogens with zero attached hydrogens (tertiary/aromatic N) is 1. The van der Waals surface area contributed by atoms with Gasteiger partial charge in [0.2, 0.25) is 5.91 Å². The largest absolute Gasteiger partial charge is 0.490 e. The second kappa shape index (κ2) is 9.09. The van der Waals surface area contributed by atoms with E-state index in [4.69, 9.17) is 14.6 Å². The molecule has 0 spiro atoms. The number of fused-ring (bicyclic) bond motifs is 1. The van der Waals surface area contributed by atoms with Crippen molar-refractivity contribution < 1.29 is 24.2 Å². The Morgan fingerprint density at radius 3 is 2.50 bits per heavy atom. The summed E-state index contributed by atoms with van der Waals surface area (Å²) in [7, 11) is 0. The molecule has 0 aliphatic carbocycles. The molecule has 1 unspecified atom stereocenters. The third-order valence-corrected chi connectivity index (χ3v) is 4.82. The smallest absolute Gasteiger partial charge is 0.306 e. The van der Waals surface area contributed by atoms with Gasteiger partial charge in [-0.3, -0.25) is 14.5 Å². The predicted octanol–water partition coefficient (Wildman–Crippen LogP) is 2.39. The highest BCUT2D eigenvalue weighted by atomic mass is 35.5. The minimum absolute atomic E-state index is 0. The molecule has 2 heterocycles. The number of carbonyl (C=O) groups is 2. The van der Waals surface area contributed by atoms with Gasteiger partial charge in [0.05, 0.1) is 25.2 Å². The molecule has 1 atom stereocenters. The predicted molar refractivity (Wildman–Crippen MR) is 99.3 cm³/mol. The molecule has 144 valence electrons. The van der Waals surface area contributed by atoms with Gasteiger partial charge >= 0.3 is 5.97 Å². The first-order chi connectivity index (χ1) is 12.0. The minimum Gasteiger partial charge on any atom is -0.490 e. The maximum atomic E-state index is 12.5. The van der Waals surface area contributed by atoms with Crippen molar-refractivity contribution in [1.82, 2.24) is 4.90 Å². The molecule has 0 aromatic heterocycles. The Morgan fingerprint density at radius 2 is 1.85 bits per heavy atom. The Kier molecular flexibility index (Phi) is 7.11. The minimum atomic E-state index is -0.746. The van der Waals surface area contributed by atoms with E-state index in [1.807, 2.05) is 11.8 Å². The number of hydrogen-bond donors (Lipinski definition) is 2. The van der Waals surface area contributed by atoms with Crippen molar-refractivity contribution in [2.45, 2.75) is 32.2 Å². The molecule has 1 amide bonds. The average molecular weight is 385 g/mol. The summed E-state index contributed by atoms with van der Waals surface area (Å²) in [6.45, 7) is 4.31. The second-order valence-electron chi connectivity index (χ2n) is 6.53. The van der Waals surface area contributed by atoms with Crippen LogP contribution in [0.25, 0.3) is 0 Å². The summed E-state index contributed by atoms with van der Waals surface area (Å²) >= 11 is 0. The highest BCUT2D eigenvalue weighted by molar-refractivity contribution is 5.94. The fraction of sp³-hybridized carbons (Fsp3) is 0.556. The van der Waals surface area contributed by atoms with Crippen LogP contribution in [0.5, 0.6) is 11.5 Å². The van der Waals surface area contributed by atoms with Crippen LogP contribution in [0.2, 0.25) is 0 Å². The van der Waals surface area contributed by atoms with Gasteiger partial charge in [0.1, 0.15) is 0 Å². The Morgan fingerprint density at radius 1 is 1.19 bits per heavy atom. The zero-order chi connectivity index (χ0) is 17.8. The number of aliphatic carboxylic acids is 1. The van der Waals surface area contributed by atoms with Crippen LogP contribution in [0.3, 0.4) is 0 Å². The molecular weight excluding hydrogens is 360 g/mol. The maximum Gasteiger partial charge on any atom is 0.306 e. The van der Waals surface area contributed by atoms with Gasteiger partial charge in [-0.05, 0) is 45.0 Å². The lowest BCUT2D eigenvalue weighted by molar-refractivity contribution is -0.143. The highest BCUT2D eigenvalue weighted by Gasteiger charge is 2.29. The molecular formula is C18H25ClN2O5. The van der Waals surface area contributed by atoms with Crippen LogP contribution in [0.4, 0.5) is 5.69 Å². The van der Waals surface area contributed by atoms with Crippen molar-refractivity contribution in [2.24, 2.45) is 5.92 Å². The zero-order valence-electron chi connectivity index (χ0n) is 14.8. The van der Waals surface area contributed by atoms with E-state index in [9.17, 15) is 9.59 Å². The van der Waals surface area contributed by atoms with E-state index in [1.54, 1.807) is 18.2 Å². The summed E-state index contributed by atoms with van der Waals surface area (Å²) in [6, 6.07) is 5.07. The van der Waals surface area contributed by atoms with E-state index >= 15 is 0 Å². The van der Waals surface area contributed by atoms with Gasteiger partial charge < -0.3 is 19.9 Å². The van der Waals surface area contributed by atoms with E-state index in [-0.39, 0.29) is 30.3 Å². The number of piperidine rings is 1. The summed E-state index contributed by atoms with van der Waals surface area (Å²) in [5, 5.41) is 12.0. The third kappa shape index (κ3) is 4.80. The number of carboxylic acid groups (broad SMARTS) is 1. The van der Waals surface area contributed by atoms with E-state index in [0.29, 0.717) is 56.3 Å². The van der Waals surface area contributed by atoms with Crippen LogP contribution in [0.1, 0.15) is 26.2 Å². The summed E-state index contributed by atoms with van der Waals surface area (Å²) in [4.78, 5) is 25.6. The van der Waals surface area contributed by atoms with Crippen molar-refractivity contribution >= 4 is 30.0 Å². The molecule has 3 rings (SSSR count). The number of amides is 1. The van der Waals surface area contributed by atoms with Crippen LogP contribution < -0.4 is 14.8 Å². The standard InChI is InChI=1S/C18H24N2O5.ClH/c1-12(20-7-5-13(6-8-20)18(22)23)17(21)19-14-3-4-15-16(11-14)25-10-2-9-24-15;/h3-4,11-13H,2,5-10H2,1H3,(H,19,21)(H,22,23);1H. The molecule has 2 N–H and O–H groups in total. The Bertz CT molecular complexity index is 646. The van der Waals surface area contributed by atoms with Gasteiger partial charge in [-0.1, -0.05) is 0 Å². The summed E-state index contributed by atoms with van der Waals surface area (Å²) in [5.74, 6) is 0.185. The lowest BCUT2D eigenvalue weighted by Gasteiger charge is -2.33. The number of nitrogens with one attached hydrogen (secondary N) is 1. The van der Waals surface area contributed by atoms with Gasteiger partial charge in [0, 0.05) is 18.2 Å². The number of ether oxygens (including phenoxy) is 2. The van der Waals surface area contributed by atoms with E-state index < -0.39 is 5.97 Å². The normalized spacial score (nSPS) is 19.0. The fourth-order valence-electron chi connectivity index (χ4n) is 3.19. The number of rotatable bonds is 4. The van der Waals surface area contributed by atoms with E-state index in [2.05, 4.69) is 5.32 Å². The molecule has 26 heavy (non-hydrogen) atoms. The highest BCUT2D eigenvalue weighted by Crippen LogP contribution is 2.32. The monoisotopic (exact) mass is 384 g/mol. The SMILES string of the molecule is CC(C(=O)Nc1ccc2c(c1)OCCCO2)N1CCC(C(=O)O)CC1.Cl. The Hall–Kier alpha value is -1.99. The summed E-state index contributed by atoms with van der Waals surface area (Å²) in [5.41, 5.74) is 0.668. The number of halogens is 1. The fourth-order valence-corrected chi connectivity index (χ4v) is 3.19. The van der Waals surface area contributed by atoms with Crippen molar-refractivity contribution in [2.75, 3.05) is 31.6 Å². The second-order valence-corrected chi connectivity index (χ2v) is 6.53. The molecule has 1 aromatic carbocycles. The molecule has 1 fully saturated rings. The summed E-state index contributed by atoms with van der Waals surface area (Å²) in [6.07, 6.45) is 1.99. The first-order valence-corrected chi connectivity index (χ1v) is 8.72. The van der Waals surface area contributed by atoms with Crippen LogP contribution in [-0.2, 0) is 9.59 Å². The van der Waals surface area contributed by atoms with Gasteiger partial charge in [-0.15, -0.1) is 12.4 Å². The van der Waals surface area contributed by atoms with Crippen LogP contribution >= 0.6 is 12.4 Å². The van der Waals surface area contributed by atoms with Crippen molar-refractivity contribution in [1.29, 1.82) is 0 Å². The number of likely N-dealkylation sites (tertiary alicyclic amines) is 1. The molecule has 8 heteroatoms. The lowest BCUT2D eigenvalue weighted by atomic mass is 9.96. The van der Waals surface area contributed by atoms with Gasteiger partial charge in [-0.2, -0.15) is 0 Å². The van der Waals surface area contributed by atoms with Crippen molar-refractivity contribution in [3.05, 3.63) is 18.2 Å². The maximum absolute atomic E-state index is 12.5. The molecule has 2 aliphatic heterocycles. The molecule has 1 aromatic rings. The number of hydrogen-bond acceptors (Lipinski definition) is 5. The molecule has 1 saturated heterocycles. The number of benzene rings is 1. The van der Waals surface area contributed by atoms with Crippen LogP contribution in [0, 0.1) is 5.92 Å². The first-order valence-electron chi connectivity index (χ1n) is 8.72. The average Bonchev–Trinajstić information content (AvgIpc) is 2.86. The lowest BCUT2D eigenvalue weighted by Crippen LogP contribution is -2.46. The van der Waals surface area contributed by atoms with E-state index in [1.165, 1.54) is 0 Å². The van der Waals surface area contributed by atoms with E-state index in [0.717, 1.165) is 6.42 Å². The molecule has 0 saturated carbocycles. The molecule has 2 aliphatic rings. The van der Waals surface area contributed by atoms with Crippen LogP contribution in [0.15, 0.2) is 18.2 Å². The van der Waals surface area contributed by atoms with Gasteiger partial charge in [-0.25, -0.2) is 0 Å². The number of carbonyl (C=O) groups excluding carboxylic acids is 1. The quantitative estimate of drug-likeness (QED) is 0.828. The third-order valence-electron chi connectivity index (χ3n) is 4.82. The zero-order valence-corrected chi connectivity index (χ0v) is 15.6. The number of carboxylic acids is 1. The molecule has 7 nitrogen and oxygen atoms in total. The topological polar surface area (TPSA) is 88.1 Å².